The lowest BCUT2D eigenvalue weighted by Crippen LogP contribution is -2.61. The molecule has 0 N–H and O–H groups in total. The van der Waals surface area contributed by atoms with Crippen molar-refractivity contribution in [2.45, 2.75) is 0 Å². The first-order valence-corrected chi connectivity index (χ1v) is 28.3. The third kappa shape index (κ3) is 7.38. The lowest BCUT2D eigenvalue weighted by molar-refractivity contribution is 0.673. The summed E-state index contributed by atoms with van der Waals surface area (Å²) >= 11 is 0. The Labute approximate surface area is 480 Å². The molecule has 0 atom stereocenters. The van der Waals surface area contributed by atoms with Crippen molar-refractivity contribution < 1.29 is 4.42 Å². The van der Waals surface area contributed by atoms with E-state index in [1.54, 1.807) is 0 Å². The van der Waals surface area contributed by atoms with Crippen LogP contribution >= 0.6 is 0 Å². The summed E-state index contributed by atoms with van der Waals surface area (Å²) in [6.45, 7) is -0.00420. The Bertz CT molecular complexity index is 4970. The number of hydrogen-bond donors (Lipinski definition) is 0. The SMILES string of the molecule is c1ccc(-c2cc(-c3ccc(-n4c5ccccc5c5c6oc7ccccc7c6ccc54)c(-c4ccc(-c5ccc6c7c5N(c5ccccc5)c5ccccc5B7c5ccccc5N6c5ccccc5)cc4)c3)nc(-c3ccccc3)n2)cc1. The highest BCUT2D eigenvalue weighted by Crippen LogP contribution is 2.49. The monoisotopic (exact) mass is 1060 g/mol. The second-order valence-corrected chi connectivity index (χ2v) is 21.6. The van der Waals surface area contributed by atoms with E-state index in [1.165, 1.54) is 39.1 Å². The number of fused-ring (bicyclic) bond motifs is 11. The molecule has 15 aromatic rings. The highest BCUT2D eigenvalue weighted by Gasteiger charge is 2.44. The van der Waals surface area contributed by atoms with Gasteiger partial charge in [-0.25, -0.2) is 9.97 Å². The first kappa shape index (κ1) is 46.9. The summed E-state index contributed by atoms with van der Waals surface area (Å²) in [5.74, 6) is 0.674. The van der Waals surface area contributed by atoms with E-state index in [1.807, 2.05) is 30.3 Å². The smallest absolute Gasteiger partial charge is 0.252 e. The third-order valence-electron chi connectivity index (χ3n) is 17.0. The predicted molar refractivity (Wildman–Crippen MR) is 345 cm³/mol. The fourth-order valence-corrected chi connectivity index (χ4v) is 13.4. The van der Waals surface area contributed by atoms with Crippen molar-refractivity contribution in [2.75, 3.05) is 9.80 Å². The molecule has 0 saturated carbocycles. The fourth-order valence-electron chi connectivity index (χ4n) is 13.4. The van der Waals surface area contributed by atoms with Crippen LogP contribution in [-0.4, -0.2) is 21.2 Å². The zero-order chi connectivity index (χ0) is 54.5. The predicted octanol–water partition coefficient (Wildman–Crippen LogP) is 17.9. The molecule has 0 amide bonds. The van der Waals surface area contributed by atoms with Crippen LogP contribution in [0.2, 0.25) is 0 Å². The van der Waals surface area contributed by atoms with Gasteiger partial charge in [-0.15, -0.1) is 0 Å². The van der Waals surface area contributed by atoms with Crippen LogP contribution in [0.5, 0.6) is 0 Å². The minimum absolute atomic E-state index is 0.00420. The van der Waals surface area contributed by atoms with Gasteiger partial charge >= 0.3 is 0 Å². The van der Waals surface area contributed by atoms with Crippen LogP contribution in [0.4, 0.5) is 34.1 Å². The number of aromatic nitrogens is 3. The molecule has 3 aromatic heterocycles. The molecule has 0 saturated heterocycles. The minimum Gasteiger partial charge on any atom is -0.455 e. The average Bonchev–Trinajstić information content (AvgIpc) is 4.29. The number of nitrogens with zero attached hydrogens (tertiary/aromatic N) is 5. The Morgan fingerprint density at radius 1 is 0.337 bits per heavy atom. The van der Waals surface area contributed by atoms with E-state index in [9.17, 15) is 0 Å². The molecule has 386 valence electrons. The van der Waals surface area contributed by atoms with Gasteiger partial charge in [0, 0.05) is 72.4 Å². The lowest BCUT2D eigenvalue weighted by Gasteiger charge is -2.45. The Balaban J connectivity index is 0.897. The number of hydrogen-bond acceptors (Lipinski definition) is 5. The average molecular weight is 1060 g/mol. The van der Waals surface area contributed by atoms with Gasteiger partial charge in [-0.05, 0) is 112 Å². The van der Waals surface area contributed by atoms with Crippen LogP contribution < -0.4 is 26.2 Å². The van der Waals surface area contributed by atoms with Crippen molar-refractivity contribution in [1.82, 2.24) is 14.5 Å². The van der Waals surface area contributed by atoms with E-state index in [-0.39, 0.29) is 6.71 Å². The van der Waals surface area contributed by atoms with Crippen molar-refractivity contribution >= 4 is 101 Å². The van der Waals surface area contributed by atoms with E-state index < -0.39 is 0 Å². The van der Waals surface area contributed by atoms with Crippen LogP contribution in [0.1, 0.15) is 0 Å². The summed E-state index contributed by atoms with van der Waals surface area (Å²) < 4.78 is 9.22. The number of benzene rings is 12. The highest BCUT2D eigenvalue weighted by molar-refractivity contribution is 7.00. The molecule has 2 aliphatic heterocycles. The zero-order valence-electron chi connectivity index (χ0n) is 44.9. The third-order valence-corrected chi connectivity index (χ3v) is 17.0. The molecule has 0 spiro atoms. The molecule has 0 unspecified atom stereocenters. The Morgan fingerprint density at radius 3 is 1.59 bits per heavy atom. The van der Waals surface area contributed by atoms with Crippen molar-refractivity contribution in [1.29, 1.82) is 0 Å². The van der Waals surface area contributed by atoms with Crippen LogP contribution in [0, 0.1) is 0 Å². The molecule has 5 heterocycles. The largest absolute Gasteiger partial charge is 0.455 e. The summed E-state index contributed by atoms with van der Waals surface area (Å²) in [5.41, 5.74) is 24.9. The standard InChI is InChI=1S/C76H48BN5O/c1-5-21-51(22-6-1)63-48-64(79-76(78-63)52-23-7-2-8-24-52)53-41-44-66(82-65-33-17-13-30-59(65)72-69(82)45-43-58-57-29-14-20-36-71(57)83-75(58)72)60(47-53)50-39-37-49(38-40-50)56-42-46-70-73-74(56)81(55-27-11-4-12-28-55)68-35-19-16-32-62(68)77(73)61-31-15-18-34-67(61)80(70)54-25-9-3-10-26-54/h1-48H. The van der Waals surface area contributed by atoms with Gasteiger partial charge in [0.25, 0.3) is 6.71 Å². The maximum Gasteiger partial charge on any atom is 0.252 e. The van der Waals surface area contributed by atoms with E-state index in [2.05, 4.69) is 275 Å². The molecular weight excluding hydrogens is 1010 g/mol. The van der Waals surface area contributed by atoms with Crippen molar-refractivity contribution in [3.63, 3.8) is 0 Å². The summed E-state index contributed by atoms with van der Waals surface area (Å²) in [4.78, 5) is 15.5. The Kier molecular flexibility index (Phi) is 10.6. The van der Waals surface area contributed by atoms with Crippen molar-refractivity contribution in [3.05, 3.63) is 291 Å². The molecule has 0 radical (unpaired) electrons. The second kappa shape index (κ2) is 18.8. The van der Waals surface area contributed by atoms with E-state index in [0.29, 0.717) is 5.82 Å². The van der Waals surface area contributed by atoms with Crippen LogP contribution in [0.15, 0.2) is 296 Å². The molecule has 0 bridgehead atoms. The minimum atomic E-state index is -0.00420. The van der Waals surface area contributed by atoms with Crippen LogP contribution in [0.3, 0.4) is 0 Å². The normalized spacial score (nSPS) is 12.5. The van der Waals surface area contributed by atoms with Crippen LogP contribution in [0.25, 0.3) is 106 Å². The molecule has 7 heteroatoms. The summed E-state index contributed by atoms with van der Waals surface area (Å²) in [6.07, 6.45) is 0. The molecule has 6 nitrogen and oxygen atoms in total. The highest BCUT2D eigenvalue weighted by atomic mass is 16.3. The molecule has 0 aliphatic carbocycles. The number of anilines is 6. The van der Waals surface area contributed by atoms with Crippen molar-refractivity contribution in [2.24, 2.45) is 0 Å². The second-order valence-electron chi connectivity index (χ2n) is 21.6. The van der Waals surface area contributed by atoms with Gasteiger partial charge in [0.05, 0.1) is 39.2 Å². The summed E-state index contributed by atoms with van der Waals surface area (Å²) in [6, 6.07) is 105. The van der Waals surface area contributed by atoms with Gasteiger partial charge in [-0.3, -0.25) is 0 Å². The maximum atomic E-state index is 6.80. The number of rotatable bonds is 8. The topological polar surface area (TPSA) is 50.3 Å². The molecule has 17 rings (SSSR count). The Morgan fingerprint density at radius 2 is 0.880 bits per heavy atom. The van der Waals surface area contributed by atoms with E-state index in [4.69, 9.17) is 14.4 Å². The summed E-state index contributed by atoms with van der Waals surface area (Å²) in [7, 11) is 0. The molecule has 12 aromatic carbocycles. The van der Waals surface area contributed by atoms with Crippen LogP contribution in [-0.2, 0) is 0 Å². The quantitative estimate of drug-likeness (QED) is 0.142. The van der Waals surface area contributed by atoms with Crippen molar-refractivity contribution in [3.8, 4) is 61.8 Å². The van der Waals surface area contributed by atoms with E-state index >= 15 is 0 Å². The van der Waals surface area contributed by atoms with Gasteiger partial charge in [0.1, 0.15) is 11.2 Å². The number of para-hydroxylation sites is 6. The van der Waals surface area contributed by atoms with Gasteiger partial charge in [-0.2, -0.15) is 0 Å². The number of furan rings is 1. The van der Waals surface area contributed by atoms with Gasteiger partial charge in [0.15, 0.2) is 5.82 Å². The maximum absolute atomic E-state index is 6.80. The lowest BCUT2D eigenvalue weighted by atomic mass is 9.33. The zero-order valence-corrected chi connectivity index (χ0v) is 44.9. The van der Waals surface area contributed by atoms with Gasteiger partial charge in [-0.1, -0.05) is 206 Å². The Hall–Kier alpha value is -11.0. The molecule has 83 heavy (non-hydrogen) atoms. The molecular formula is C76H48BN5O. The van der Waals surface area contributed by atoms with Gasteiger partial charge < -0.3 is 18.8 Å². The molecule has 2 aliphatic rings. The van der Waals surface area contributed by atoms with E-state index in [0.717, 1.165) is 111 Å². The fraction of sp³-hybridized carbons (Fsp3) is 0. The first-order valence-electron chi connectivity index (χ1n) is 28.3. The summed E-state index contributed by atoms with van der Waals surface area (Å²) in [5, 5.41) is 4.44. The first-order chi connectivity index (χ1) is 41.2. The molecule has 0 fully saturated rings. The van der Waals surface area contributed by atoms with Gasteiger partial charge in [0.2, 0.25) is 0 Å².